The Morgan fingerprint density at radius 3 is 2.77 bits per heavy atom. The molecule has 13 heavy (non-hydrogen) atoms. The van der Waals surface area contributed by atoms with Crippen LogP contribution in [0.4, 0.5) is 0 Å². The highest BCUT2D eigenvalue weighted by atomic mass is 35.5. The summed E-state index contributed by atoms with van der Waals surface area (Å²) in [6, 6.07) is 6.21. The minimum atomic E-state index is 0.146. The molecular formula is C11H14ClN. The monoisotopic (exact) mass is 195 g/mol. The van der Waals surface area contributed by atoms with Gasteiger partial charge in [0.15, 0.2) is 0 Å². The molecule has 2 N–H and O–H groups in total. The van der Waals surface area contributed by atoms with Crippen LogP contribution in [-0.2, 0) is 0 Å². The SMILES string of the molecule is Cc1ccc(Cl)c(C(N)C2CC2)c1. The minimum Gasteiger partial charge on any atom is -0.324 e. The molecule has 1 aliphatic rings. The summed E-state index contributed by atoms with van der Waals surface area (Å²) in [5.74, 6) is 0.666. The van der Waals surface area contributed by atoms with E-state index in [4.69, 9.17) is 17.3 Å². The molecule has 0 bridgehead atoms. The summed E-state index contributed by atoms with van der Waals surface area (Å²) >= 11 is 6.08. The zero-order valence-electron chi connectivity index (χ0n) is 7.76. The van der Waals surface area contributed by atoms with E-state index in [1.165, 1.54) is 18.4 Å². The standard InChI is InChI=1S/C11H14ClN/c1-7-2-5-10(12)9(6-7)11(13)8-3-4-8/h2,5-6,8,11H,3-4,13H2,1H3. The van der Waals surface area contributed by atoms with E-state index in [9.17, 15) is 0 Å². The van der Waals surface area contributed by atoms with Crippen molar-refractivity contribution in [1.29, 1.82) is 0 Å². The van der Waals surface area contributed by atoms with Crippen molar-refractivity contribution in [3.63, 3.8) is 0 Å². The van der Waals surface area contributed by atoms with E-state index in [0.29, 0.717) is 5.92 Å². The van der Waals surface area contributed by atoms with E-state index < -0.39 is 0 Å². The van der Waals surface area contributed by atoms with Crippen LogP contribution in [0.15, 0.2) is 18.2 Å². The van der Waals surface area contributed by atoms with Crippen LogP contribution in [0.5, 0.6) is 0 Å². The number of rotatable bonds is 2. The van der Waals surface area contributed by atoms with Crippen molar-refractivity contribution in [2.75, 3.05) is 0 Å². The zero-order valence-corrected chi connectivity index (χ0v) is 8.51. The van der Waals surface area contributed by atoms with Gasteiger partial charge in [-0.05, 0) is 37.3 Å². The smallest absolute Gasteiger partial charge is 0.0454 e. The Balaban J connectivity index is 2.31. The van der Waals surface area contributed by atoms with Crippen molar-refractivity contribution in [2.24, 2.45) is 11.7 Å². The number of benzene rings is 1. The van der Waals surface area contributed by atoms with Gasteiger partial charge in [0, 0.05) is 11.1 Å². The maximum Gasteiger partial charge on any atom is 0.0454 e. The Labute approximate surface area is 83.9 Å². The van der Waals surface area contributed by atoms with Gasteiger partial charge in [-0.2, -0.15) is 0 Å². The Morgan fingerprint density at radius 2 is 2.15 bits per heavy atom. The van der Waals surface area contributed by atoms with Gasteiger partial charge in [0.05, 0.1) is 0 Å². The third kappa shape index (κ3) is 1.87. The molecule has 2 heteroatoms. The highest BCUT2D eigenvalue weighted by molar-refractivity contribution is 6.31. The number of halogens is 1. The summed E-state index contributed by atoms with van der Waals surface area (Å²) in [6.07, 6.45) is 2.51. The molecule has 0 spiro atoms. The molecule has 0 amide bonds. The molecule has 1 fully saturated rings. The van der Waals surface area contributed by atoms with Crippen LogP contribution in [0.2, 0.25) is 5.02 Å². The molecule has 1 atom stereocenters. The Kier molecular flexibility index (Phi) is 2.31. The average molecular weight is 196 g/mol. The third-order valence-electron chi connectivity index (χ3n) is 2.64. The summed E-state index contributed by atoms with van der Waals surface area (Å²) in [5, 5.41) is 0.810. The highest BCUT2D eigenvalue weighted by Crippen LogP contribution is 2.41. The molecule has 1 aliphatic carbocycles. The summed E-state index contributed by atoms with van der Waals surface area (Å²) in [5.41, 5.74) is 8.43. The van der Waals surface area contributed by atoms with Crippen molar-refractivity contribution in [2.45, 2.75) is 25.8 Å². The second kappa shape index (κ2) is 3.32. The lowest BCUT2D eigenvalue weighted by Gasteiger charge is -2.13. The molecule has 1 nitrogen and oxygen atoms in total. The second-order valence-corrected chi connectivity index (χ2v) is 4.30. The van der Waals surface area contributed by atoms with E-state index in [0.717, 1.165) is 10.6 Å². The van der Waals surface area contributed by atoms with Crippen LogP contribution < -0.4 is 5.73 Å². The lowest BCUT2D eigenvalue weighted by molar-refractivity contribution is 0.633. The first-order valence-corrected chi connectivity index (χ1v) is 5.08. The van der Waals surface area contributed by atoms with E-state index in [-0.39, 0.29) is 6.04 Å². The summed E-state index contributed by atoms with van der Waals surface area (Å²) in [4.78, 5) is 0. The summed E-state index contributed by atoms with van der Waals surface area (Å²) in [7, 11) is 0. The van der Waals surface area contributed by atoms with Gasteiger partial charge >= 0.3 is 0 Å². The molecule has 70 valence electrons. The average Bonchev–Trinajstić information content (AvgIpc) is 2.91. The van der Waals surface area contributed by atoms with Crippen molar-refractivity contribution >= 4 is 11.6 Å². The fourth-order valence-electron chi connectivity index (χ4n) is 1.63. The fraction of sp³-hybridized carbons (Fsp3) is 0.455. The molecule has 0 heterocycles. The summed E-state index contributed by atoms with van der Waals surface area (Å²) in [6.45, 7) is 2.07. The van der Waals surface area contributed by atoms with Crippen molar-refractivity contribution < 1.29 is 0 Å². The van der Waals surface area contributed by atoms with Gasteiger partial charge in [-0.25, -0.2) is 0 Å². The first-order valence-electron chi connectivity index (χ1n) is 4.70. The first-order chi connectivity index (χ1) is 6.18. The molecule has 0 aliphatic heterocycles. The molecule has 1 unspecified atom stereocenters. The Bertz CT molecular complexity index is 318. The predicted octanol–water partition coefficient (Wildman–Crippen LogP) is 3.06. The summed E-state index contributed by atoms with van der Waals surface area (Å²) < 4.78 is 0. The molecule has 0 radical (unpaired) electrons. The topological polar surface area (TPSA) is 26.0 Å². The van der Waals surface area contributed by atoms with E-state index >= 15 is 0 Å². The van der Waals surface area contributed by atoms with Crippen LogP contribution in [-0.4, -0.2) is 0 Å². The van der Waals surface area contributed by atoms with Crippen molar-refractivity contribution in [3.05, 3.63) is 34.3 Å². The molecular weight excluding hydrogens is 182 g/mol. The molecule has 1 aromatic carbocycles. The van der Waals surface area contributed by atoms with Gasteiger partial charge in [-0.1, -0.05) is 29.3 Å². The normalized spacial score (nSPS) is 18.7. The lowest BCUT2D eigenvalue weighted by atomic mass is 10.0. The van der Waals surface area contributed by atoms with Gasteiger partial charge in [-0.15, -0.1) is 0 Å². The van der Waals surface area contributed by atoms with Crippen LogP contribution >= 0.6 is 11.6 Å². The number of nitrogens with two attached hydrogens (primary N) is 1. The quantitative estimate of drug-likeness (QED) is 0.772. The third-order valence-corrected chi connectivity index (χ3v) is 2.98. The van der Waals surface area contributed by atoms with Gasteiger partial charge in [0.1, 0.15) is 0 Å². The van der Waals surface area contributed by atoms with Crippen LogP contribution in [0, 0.1) is 12.8 Å². The molecule has 0 aromatic heterocycles. The number of hydrogen-bond donors (Lipinski definition) is 1. The first kappa shape index (κ1) is 9.04. The predicted molar refractivity (Wildman–Crippen MR) is 55.8 cm³/mol. The van der Waals surface area contributed by atoms with Crippen LogP contribution in [0.1, 0.15) is 30.0 Å². The van der Waals surface area contributed by atoms with Crippen LogP contribution in [0.25, 0.3) is 0 Å². The Hall–Kier alpha value is -0.530. The van der Waals surface area contributed by atoms with Crippen LogP contribution in [0.3, 0.4) is 0 Å². The second-order valence-electron chi connectivity index (χ2n) is 3.89. The molecule has 1 saturated carbocycles. The lowest BCUT2D eigenvalue weighted by Crippen LogP contribution is -2.12. The van der Waals surface area contributed by atoms with Gasteiger partial charge in [-0.3, -0.25) is 0 Å². The zero-order chi connectivity index (χ0) is 9.42. The van der Waals surface area contributed by atoms with Crippen molar-refractivity contribution in [3.8, 4) is 0 Å². The molecule has 1 aromatic rings. The number of hydrogen-bond acceptors (Lipinski definition) is 1. The van der Waals surface area contributed by atoms with Gasteiger partial charge in [0.2, 0.25) is 0 Å². The largest absolute Gasteiger partial charge is 0.324 e. The van der Waals surface area contributed by atoms with Crippen molar-refractivity contribution in [1.82, 2.24) is 0 Å². The molecule has 2 rings (SSSR count). The maximum absolute atomic E-state index is 6.09. The van der Waals surface area contributed by atoms with E-state index in [1.807, 2.05) is 12.1 Å². The van der Waals surface area contributed by atoms with Gasteiger partial charge < -0.3 is 5.73 Å². The van der Waals surface area contributed by atoms with E-state index in [1.54, 1.807) is 0 Å². The maximum atomic E-state index is 6.09. The van der Waals surface area contributed by atoms with E-state index in [2.05, 4.69) is 13.0 Å². The number of aryl methyl sites for hydroxylation is 1. The minimum absolute atomic E-state index is 0.146. The highest BCUT2D eigenvalue weighted by Gasteiger charge is 2.30. The Morgan fingerprint density at radius 1 is 1.46 bits per heavy atom. The molecule has 0 saturated heterocycles. The fourth-order valence-corrected chi connectivity index (χ4v) is 1.87. The van der Waals surface area contributed by atoms with Gasteiger partial charge in [0.25, 0.3) is 0 Å².